The van der Waals surface area contributed by atoms with Crippen molar-refractivity contribution in [1.82, 2.24) is 9.78 Å². The zero-order chi connectivity index (χ0) is 14.8. The third-order valence-corrected chi connectivity index (χ3v) is 3.50. The first-order valence-corrected chi connectivity index (χ1v) is 6.92. The first kappa shape index (κ1) is 13.4. The van der Waals surface area contributed by atoms with Crippen LogP contribution in [0.25, 0.3) is 16.5 Å². The molecule has 0 unspecified atom stereocenters. The second-order valence-corrected chi connectivity index (χ2v) is 4.77. The van der Waals surface area contributed by atoms with Crippen molar-refractivity contribution in [3.05, 3.63) is 59.9 Å². The van der Waals surface area contributed by atoms with Gasteiger partial charge in [0.25, 0.3) is 0 Å². The molecule has 0 aliphatic rings. The van der Waals surface area contributed by atoms with Crippen molar-refractivity contribution in [2.24, 2.45) is 0 Å². The first-order valence-electron chi connectivity index (χ1n) is 6.92. The van der Waals surface area contributed by atoms with E-state index in [-0.39, 0.29) is 5.97 Å². The van der Waals surface area contributed by atoms with E-state index < -0.39 is 0 Å². The van der Waals surface area contributed by atoms with Crippen LogP contribution in [0.3, 0.4) is 0 Å². The summed E-state index contributed by atoms with van der Waals surface area (Å²) >= 11 is 0. The minimum absolute atomic E-state index is 0.332. The molecule has 0 aliphatic heterocycles. The van der Waals surface area contributed by atoms with Crippen LogP contribution < -0.4 is 0 Å². The summed E-state index contributed by atoms with van der Waals surface area (Å²) in [5.41, 5.74) is 2.25. The lowest BCUT2D eigenvalue weighted by Gasteiger charge is -2.09. The molecule has 21 heavy (non-hydrogen) atoms. The zero-order valence-electron chi connectivity index (χ0n) is 12.0. The highest BCUT2D eigenvalue weighted by Gasteiger charge is 2.16. The van der Waals surface area contributed by atoms with Gasteiger partial charge in [-0.15, -0.1) is 0 Å². The number of benzene rings is 2. The summed E-state index contributed by atoms with van der Waals surface area (Å²) < 4.78 is 6.84. The Morgan fingerprint density at radius 3 is 2.76 bits per heavy atom. The second kappa shape index (κ2) is 5.40. The number of aromatic nitrogens is 2. The minimum Gasteiger partial charge on any atom is -0.462 e. The van der Waals surface area contributed by atoms with E-state index in [4.69, 9.17) is 4.74 Å². The smallest absolute Gasteiger partial charge is 0.341 e. The van der Waals surface area contributed by atoms with E-state index in [9.17, 15) is 4.79 Å². The Morgan fingerprint density at radius 2 is 1.95 bits per heavy atom. The van der Waals surface area contributed by atoms with Crippen LogP contribution in [0.4, 0.5) is 0 Å². The van der Waals surface area contributed by atoms with Crippen molar-refractivity contribution in [2.45, 2.75) is 13.8 Å². The highest BCUT2D eigenvalue weighted by Crippen LogP contribution is 2.24. The van der Waals surface area contributed by atoms with Crippen molar-refractivity contribution < 1.29 is 9.53 Å². The van der Waals surface area contributed by atoms with Gasteiger partial charge in [-0.3, -0.25) is 0 Å². The van der Waals surface area contributed by atoms with Crippen LogP contribution in [0.2, 0.25) is 0 Å². The van der Waals surface area contributed by atoms with Gasteiger partial charge in [0, 0.05) is 5.39 Å². The Kier molecular flexibility index (Phi) is 3.44. The average molecular weight is 280 g/mol. The molecule has 3 aromatic rings. The standard InChI is InChI=1S/C17H16N2O2/c1-3-21-17(20)15-11-18-19(12(15)2)16-10-6-8-13-7-4-5-9-14(13)16/h4-11H,3H2,1-2H3. The lowest BCUT2D eigenvalue weighted by molar-refractivity contribution is 0.0525. The van der Waals surface area contributed by atoms with Gasteiger partial charge >= 0.3 is 5.97 Å². The molecule has 4 heteroatoms. The van der Waals surface area contributed by atoms with Crippen LogP contribution in [0.5, 0.6) is 0 Å². The molecule has 1 aromatic heterocycles. The van der Waals surface area contributed by atoms with Crippen molar-refractivity contribution in [1.29, 1.82) is 0 Å². The van der Waals surface area contributed by atoms with E-state index in [1.165, 1.54) is 0 Å². The number of hydrogen-bond donors (Lipinski definition) is 0. The average Bonchev–Trinajstić information content (AvgIpc) is 2.88. The Labute approximate surface area is 123 Å². The Bertz CT molecular complexity index is 800. The molecule has 0 radical (unpaired) electrons. The van der Waals surface area contributed by atoms with Gasteiger partial charge in [-0.1, -0.05) is 36.4 Å². The number of esters is 1. The van der Waals surface area contributed by atoms with Crippen LogP contribution in [-0.2, 0) is 4.74 Å². The Balaban J connectivity index is 2.14. The summed E-state index contributed by atoms with van der Waals surface area (Å²) in [6.07, 6.45) is 1.56. The molecule has 2 aromatic carbocycles. The Morgan fingerprint density at radius 1 is 1.19 bits per heavy atom. The molecule has 0 saturated heterocycles. The molecule has 4 nitrogen and oxygen atoms in total. The van der Waals surface area contributed by atoms with Gasteiger partial charge in [0.15, 0.2) is 0 Å². The van der Waals surface area contributed by atoms with Gasteiger partial charge in [0.1, 0.15) is 5.56 Å². The SMILES string of the molecule is CCOC(=O)c1cnn(-c2cccc3ccccc23)c1C. The number of rotatable bonds is 3. The lowest BCUT2D eigenvalue weighted by atomic mass is 10.1. The molecule has 0 amide bonds. The summed E-state index contributed by atoms with van der Waals surface area (Å²) in [6.45, 7) is 4.03. The van der Waals surface area contributed by atoms with E-state index >= 15 is 0 Å². The molecule has 0 spiro atoms. The van der Waals surface area contributed by atoms with Crippen molar-refractivity contribution in [2.75, 3.05) is 6.61 Å². The minimum atomic E-state index is -0.332. The third-order valence-electron chi connectivity index (χ3n) is 3.50. The number of carbonyl (C=O) groups is 1. The first-order chi connectivity index (χ1) is 10.2. The number of hydrogen-bond acceptors (Lipinski definition) is 3. The molecule has 0 fully saturated rings. The molecule has 0 N–H and O–H groups in total. The lowest BCUT2D eigenvalue weighted by Crippen LogP contribution is -2.07. The largest absolute Gasteiger partial charge is 0.462 e. The highest BCUT2D eigenvalue weighted by atomic mass is 16.5. The fourth-order valence-corrected chi connectivity index (χ4v) is 2.45. The fraction of sp³-hybridized carbons (Fsp3) is 0.176. The molecule has 0 aliphatic carbocycles. The van der Waals surface area contributed by atoms with Gasteiger partial charge in [0.2, 0.25) is 0 Å². The summed E-state index contributed by atoms with van der Waals surface area (Å²) in [6, 6.07) is 14.2. The number of fused-ring (bicyclic) bond motifs is 1. The Hall–Kier alpha value is -2.62. The molecule has 106 valence electrons. The van der Waals surface area contributed by atoms with E-state index in [0.29, 0.717) is 12.2 Å². The summed E-state index contributed by atoms with van der Waals surface area (Å²) in [5.74, 6) is -0.332. The summed E-state index contributed by atoms with van der Waals surface area (Å²) in [5, 5.41) is 6.60. The molecule has 0 atom stereocenters. The molecule has 0 bridgehead atoms. The molecule has 3 rings (SSSR count). The maximum atomic E-state index is 11.9. The summed E-state index contributed by atoms with van der Waals surface area (Å²) in [7, 11) is 0. The van der Waals surface area contributed by atoms with Crippen molar-refractivity contribution in [3.63, 3.8) is 0 Å². The van der Waals surface area contributed by atoms with Crippen LogP contribution in [0.1, 0.15) is 23.0 Å². The van der Waals surface area contributed by atoms with E-state index in [0.717, 1.165) is 22.2 Å². The van der Waals surface area contributed by atoms with E-state index in [1.54, 1.807) is 17.8 Å². The monoisotopic (exact) mass is 280 g/mol. The van der Waals surface area contributed by atoms with Crippen LogP contribution in [0.15, 0.2) is 48.7 Å². The maximum absolute atomic E-state index is 11.9. The zero-order valence-corrected chi connectivity index (χ0v) is 12.0. The fourth-order valence-electron chi connectivity index (χ4n) is 2.45. The van der Waals surface area contributed by atoms with Gasteiger partial charge in [-0.05, 0) is 25.3 Å². The van der Waals surface area contributed by atoms with Crippen LogP contribution in [-0.4, -0.2) is 22.4 Å². The predicted octanol–water partition coefficient (Wildman–Crippen LogP) is 3.51. The van der Waals surface area contributed by atoms with Crippen molar-refractivity contribution >= 4 is 16.7 Å². The number of carbonyl (C=O) groups excluding carboxylic acids is 1. The topological polar surface area (TPSA) is 44.1 Å². The molecular weight excluding hydrogens is 264 g/mol. The number of nitrogens with zero attached hydrogens (tertiary/aromatic N) is 2. The van der Waals surface area contributed by atoms with E-state index in [2.05, 4.69) is 23.3 Å². The predicted molar refractivity (Wildman–Crippen MR) is 81.8 cm³/mol. The molecule has 0 saturated carbocycles. The molecular formula is C17H16N2O2. The quantitative estimate of drug-likeness (QED) is 0.690. The summed E-state index contributed by atoms with van der Waals surface area (Å²) in [4.78, 5) is 11.9. The van der Waals surface area contributed by atoms with Crippen LogP contribution >= 0.6 is 0 Å². The van der Waals surface area contributed by atoms with Gasteiger partial charge in [0.05, 0.1) is 24.2 Å². The normalized spacial score (nSPS) is 10.8. The number of ether oxygens (including phenoxy) is 1. The van der Waals surface area contributed by atoms with Gasteiger partial charge in [-0.25, -0.2) is 9.48 Å². The third kappa shape index (κ3) is 2.29. The highest BCUT2D eigenvalue weighted by molar-refractivity contribution is 5.92. The van der Waals surface area contributed by atoms with Gasteiger partial charge < -0.3 is 4.74 Å². The van der Waals surface area contributed by atoms with E-state index in [1.807, 2.05) is 31.2 Å². The maximum Gasteiger partial charge on any atom is 0.341 e. The second-order valence-electron chi connectivity index (χ2n) is 4.77. The van der Waals surface area contributed by atoms with Crippen molar-refractivity contribution in [3.8, 4) is 5.69 Å². The molecule has 1 heterocycles. The van der Waals surface area contributed by atoms with Gasteiger partial charge in [-0.2, -0.15) is 5.10 Å². The van der Waals surface area contributed by atoms with Crippen LogP contribution in [0, 0.1) is 6.92 Å².